The number of aromatic nitrogens is 9. The molecule has 25 nitrogen and oxygen atoms in total. The Morgan fingerprint density at radius 2 is 1.12 bits per heavy atom. The predicted molar refractivity (Wildman–Crippen MR) is 334 cm³/mol. The van der Waals surface area contributed by atoms with Crippen molar-refractivity contribution in [1.82, 2.24) is 42.5 Å². The van der Waals surface area contributed by atoms with Gasteiger partial charge in [0.25, 0.3) is 0 Å². The van der Waals surface area contributed by atoms with Crippen molar-refractivity contribution in [3.8, 4) is 11.5 Å². The number of azide groups is 1. The third-order valence-corrected chi connectivity index (χ3v) is 13.7. The van der Waals surface area contributed by atoms with Crippen LogP contribution in [0.25, 0.3) is 30.3 Å². The molecule has 11 rings (SSSR count). The van der Waals surface area contributed by atoms with Crippen molar-refractivity contribution in [2.45, 2.75) is 47.1 Å². The smallest absolute Gasteiger partial charge is 0.476 e. The Balaban J connectivity index is 0.000000332. The molecule has 11 aromatic rings. The molecule has 0 atom stereocenters. The minimum Gasteiger partial charge on any atom is -0.476 e. The quantitative estimate of drug-likeness (QED) is 0.0178. The summed E-state index contributed by atoms with van der Waals surface area (Å²) in [7, 11) is -3.95. The van der Waals surface area contributed by atoms with Crippen LogP contribution in [-0.4, -0.2) is 101 Å². The van der Waals surface area contributed by atoms with Crippen LogP contribution in [0.4, 0.5) is 10.9 Å². The Bertz CT molecular complexity index is 3510. The number of imidazole rings is 4. The second-order valence-corrected chi connectivity index (χ2v) is 22.4. The number of aromatic carboxylic acids is 1. The number of rotatable bonds is 11. The second-order valence-electron chi connectivity index (χ2n) is 16.0. The Morgan fingerprint density at radius 1 is 0.687 bits per heavy atom. The highest BCUT2D eigenvalue weighted by atomic mass is 79.9. The molecule has 444 valence electrons. The molecule has 9 aromatic heterocycles. The first-order valence-electron chi connectivity index (χ1n) is 23.2. The number of carboxylic acid groups (broad SMARTS) is 1. The third-order valence-electron chi connectivity index (χ3n) is 8.37. The molecule has 0 aliphatic rings. The number of carbonyl (C=O) groups is 4. The van der Waals surface area contributed by atoms with Gasteiger partial charge < -0.3 is 40.2 Å². The number of Topliss-reactive ketones (excluding diaryl/α,β-unsaturated/α-hetero) is 1. The lowest BCUT2D eigenvalue weighted by Crippen LogP contribution is -2.17. The van der Waals surface area contributed by atoms with Gasteiger partial charge >= 0.3 is 25.7 Å². The van der Waals surface area contributed by atoms with Gasteiger partial charge in [-0.05, 0) is 71.3 Å². The minimum absolute atomic E-state index is 0. The van der Waals surface area contributed by atoms with E-state index in [2.05, 4.69) is 55.4 Å². The Labute approximate surface area is 515 Å². The Kier molecular flexibility index (Phi) is 31.9. The summed E-state index contributed by atoms with van der Waals surface area (Å²) in [6, 6.07) is 16.8. The third kappa shape index (κ3) is 26.6. The fourth-order valence-corrected chi connectivity index (χ4v) is 9.73. The lowest BCUT2D eigenvalue weighted by molar-refractivity contribution is -0.152. The number of halogens is 3. The van der Waals surface area contributed by atoms with Crippen molar-refractivity contribution in [3.05, 3.63) is 171 Å². The van der Waals surface area contributed by atoms with Gasteiger partial charge in [0.1, 0.15) is 17.3 Å². The van der Waals surface area contributed by atoms with Gasteiger partial charge in [-0.15, -0.1) is 81.5 Å². The average molecular weight is 1360 g/mol. The molecule has 0 aliphatic heterocycles. The molecular formula is C49H56BrCl2N14O11PS5. The normalized spacial score (nSPS) is 10.0. The number of benzene rings is 2. The summed E-state index contributed by atoms with van der Waals surface area (Å²) in [5.41, 5.74) is 20.1. The number of nitrogens with zero attached hydrogens (tertiary/aromatic N) is 12. The lowest BCUT2D eigenvalue weighted by Gasteiger charge is -2.14. The summed E-state index contributed by atoms with van der Waals surface area (Å²) in [6.07, 6.45) is 16.2. The fraction of sp³-hybridized carbons (Fsp3) is 0.204. The maximum atomic E-state index is 12.3. The van der Waals surface area contributed by atoms with E-state index >= 15 is 0 Å². The van der Waals surface area contributed by atoms with Crippen LogP contribution in [-0.2, 0) is 23.6 Å². The van der Waals surface area contributed by atoms with Crippen molar-refractivity contribution in [1.29, 1.82) is 0 Å². The number of hydrogen-bond donors (Lipinski definition) is 4. The molecule has 83 heavy (non-hydrogen) atoms. The average Bonchev–Trinajstić information content (AvgIpc) is 4.37. The molecule has 0 saturated heterocycles. The number of ketones is 1. The van der Waals surface area contributed by atoms with E-state index < -0.39 is 31.1 Å². The van der Waals surface area contributed by atoms with Crippen molar-refractivity contribution in [2.24, 2.45) is 4.88 Å². The molecule has 0 spiro atoms. The largest absolute Gasteiger partial charge is 0.525 e. The van der Waals surface area contributed by atoms with Crippen molar-refractivity contribution in [3.63, 3.8) is 0 Å². The molecule has 0 amide bonds. The van der Waals surface area contributed by atoms with Crippen molar-refractivity contribution < 1.29 is 52.5 Å². The Morgan fingerprint density at radius 3 is 1.49 bits per heavy atom. The highest BCUT2D eigenvalue weighted by molar-refractivity contribution is 9.09. The molecule has 0 saturated carbocycles. The zero-order chi connectivity index (χ0) is 59.4. The molecule has 2 aromatic carbocycles. The number of hydrogen-bond acceptors (Lipinski definition) is 22. The number of aryl methyl sites for hydroxylation is 1. The van der Waals surface area contributed by atoms with Crippen LogP contribution in [0.1, 0.15) is 61.3 Å². The highest BCUT2D eigenvalue weighted by Gasteiger charge is 2.27. The SMILES string of the molecule is CC(C)(C)O.CCOC(=O)C(=O)CBr.CCOC(=O)c1cn2ccsc2n1.Cc1cn2ccsc2n1.Cl.Cl.Nc1cn2ccsc2n1.Nc1nccs1.O=C(O)c1cn2ccsc2n1.[N-]=[N+]=NP(=O)(Oc1ccccc1)Oc1ccccc1. The first-order chi connectivity index (χ1) is 38.6. The molecule has 0 radical (unpaired) electrons. The second kappa shape index (κ2) is 36.9. The number of thiazole rings is 5. The number of esters is 2. The number of alkyl halides is 1. The van der Waals surface area contributed by atoms with Gasteiger partial charge in [0.2, 0.25) is 5.78 Å². The zero-order valence-corrected chi connectivity index (χ0v) is 52.9. The van der Waals surface area contributed by atoms with E-state index in [9.17, 15) is 23.7 Å². The molecule has 0 bridgehead atoms. The maximum absolute atomic E-state index is 12.3. The van der Waals surface area contributed by atoms with Crippen LogP contribution in [0.3, 0.4) is 0 Å². The highest BCUT2D eigenvalue weighted by Crippen LogP contribution is 2.50. The van der Waals surface area contributed by atoms with E-state index in [4.69, 9.17) is 41.0 Å². The standard InChI is InChI=1S/C12H10N3O3P.C8H8N2O2S.C6H4N2O2S.C6H6N2S.C5H7BrO3.C5H5N3S.C4H10O.C3H4N2S.2ClH/c13-14-15-19(16,17-11-7-3-1-4-8-11)18-12-9-5-2-6-10-12;1-2-12-7(11)6-5-10-3-4-13-8(10)9-6;9-5(10)4-3-8-1-2-11-6(8)7-4;1-5-4-8-2-3-9-6(8)7-5;1-2-9-5(8)4(7)3-6;6-4-3-8-1-2-9-5(8)7-4;1-4(2,3)5;4-3-5-1-2-6-3;;/h1-10H;3-5H,2H2,1H3;1-3H,(H,9,10);2-4H,1H3;2-3H2,1H3;1-3H,6H2;5H,1-3H3;1-2H,(H2,4,5);2*1H. The number of para-hydroxylation sites is 2. The van der Waals surface area contributed by atoms with E-state index in [1.807, 2.05) is 67.4 Å². The van der Waals surface area contributed by atoms with Gasteiger partial charge in [0, 0.05) is 86.3 Å². The molecule has 0 aliphatic carbocycles. The van der Waals surface area contributed by atoms with Gasteiger partial charge in [0.15, 0.2) is 36.4 Å². The van der Waals surface area contributed by atoms with Crippen LogP contribution >= 0.6 is 105 Å². The van der Waals surface area contributed by atoms with Gasteiger partial charge in [-0.3, -0.25) is 22.4 Å². The molecule has 6 N–H and O–H groups in total. The van der Waals surface area contributed by atoms with Gasteiger partial charge in [-0.1, -0.05) is 52.3 Å². The summed E-state index contributed by atoms with van der Waals surface area (Å²) in [4.78, 5) is 71.5. The Hall–Kier alpha value is -7.41. The van der Waals surface area contributed by atoms with Crippen LogP contribution in [0.15, 0.2) is 148 Å². The van der Waals surface area contributed by atoms with E-state index in [0.717, 1.165) is 20.6 Å². The van der Waals surface area contributed by atoms with E-state index in [-0.39, 0.29) is 48.4 Å². The van der Waals surface area contributed by atoms with Crippen LogP contribution in [0.2, 0.25) is 0 Å². The number of ether oxygens (including phenoxy) is 2. The summed E-state index contributed by atoms with van der Waals surface area (Å²) in [5.74, 6) is -1.48. The van der Waals surface area contributed by atoms with Gasteiger partial charge in [-0.25, -0.2) is 43.9 Å². The molecule has 34 heteroatoms. The number of fused-ring (bicyclic) bond motifs is 4. The van der Waals surface area contributed by atoms with Crippen molar-refractivity contribution >= 4 is 160 Å². The number of nitrogen functional groups attached to an aromatic ring is 2. The van der Waals surface area contributed by atoms with Crippen LogP contribution in [0, 0.1) is 6.92 Å². The predicted octanol–water partition coefficient (Wildman–Crippen LogP) is 12.8. The fourth-order valence-electron chi connectivity index (χ4n) is 5.29. The van der Waals surface area contributed by atoms with Crippen LogP contribution in [0.5, 0.6) is 11.5 Å². The topological polar surface area (TPSA) is 346 Å². The first-order valence-corrected chi connectivity index (χ1v) is 30.3. The number of anilines is 2. The molecule has 0 unspecified atom stereocenters. The van der Waals surface area contributed by atoms with Crippen molar-refractivity contribution in [2.75, 3.05) is 30.0 Å². The number of carboxylic acids is 1. The minimum atomic E-state index is -3.95. The first kappa shape index (κ1) is 71.7. The molecular weight excluding hydrogens is 1300 g/mol. The van der Waals surface area contributed by atoms with E-state index in [1.165, 1.54) is 40.2 Å². The summed E-state index contributed by atoms with van der Waals surface area (Å²) in [6.45, 7) is 11.3. The summed E-state index contributed by atoms with van der Waals surface area (Å²) >= 11 is 10.4. The number of carbonyl (C=O) groups excluding carboxylic acids is 3. The zero-order valence-electron chi connectivity index (χ0n) is 44.8. The summed E-state index contributed by atoms with van der Waals surface area (Å²) < 4.78 is 39.2. The van der Waals surface area contributed by atoms with Gasteiger partial charge in [-0.2, -0.15) is 0 Å². The molecule has 0 fully saturated rings. The van der Waals surface area contributed by atoms with E-state index in [1.54, 1.807) is 152 Å². The maximum Gasteiger partial charge on any atom is 0.525 e. The number of nitrogens with two attached hydrogens (primary N) is 2. The van der Waals surface area contributed by atoms with Gasteiger partial charge in [0.05, 0.1) is 36.0 Å². The number of aliphatic hydroxyl groups is 1. The monoisotopic (exact) mass is 1360 g/mol. The summed E-state index contributed by atoms with van der Waals surface area (Å²) in [5, 5.41) is 27.3. The molecule has 9 heterocycles. The van der Waals surface area contributed by atoms with E-state index in [0.29, 0.717) is 39.7 Å². The lowest BCUT2D eigenvalue weighted by atomic mass is 10.2. The van der Waals surface area contributed by atoms with Crippen LogP contribution < -0.4 is 20.5 Å².